The number of nitrogens with one attached hydrogen (secondary N) is 5. The molecule has 0 fully saturated rings. The van der Waals surface area contributed by atoms with Crippen LogP contribution in [0.3, 0.4) is 0 Å². The largest absolute Gasteiger partial charge is 0.370 e. The first-order valence-electron chi connectivity index (χ1n) is 29.1. The highest BCUT2D eigenvalue weighted by molar-refractivity contribution is 7.99. The van der Waals surface area contributed by atoms with Crippen LogP contribution in [0.25, 0.3) is 0 Å². The number of amides is 7. The van der Waals surface area contributed by atoms with Gasteiger partial charge in [-0.15, -0.1) is 0 Å². The minimum absolute atomic E-state index is 0.0705. The van der Waals surface area contributed by atoms with Gasteiger partial charge in [0.1, 0.15) is 0 Å². The van der Waals surface area contributed by atoms with Gasteiger partial charge in [-0.25, -0.2) is 0 Å². The molecular weight excluding hydrogens is 1070 g/mol. The predicted octanol–water partition coefficient (Wildman–Crippen LogP) is 2.40. The molecule has 1 aromatic rings. The van der Waals surface area contributed by atoms with Crippen LogP contribution in [0.15, 0.2) is 30.3 Å². The Morgan fingerprint density at radius 3 is 1.57 bits per heavy atom. The molecular formula is C59H98N10O12S. The van der Waals surface area contributed by atoms with Crippen molar-refractivity contribution in [3.05, 3.63) is 35.9 Å². The number of benzene rings is 1. The van der Waals surface area contributed by atoms with Crippen molar-refractivity contribution in [1.82, 2.24) is 26.6 Å². The highest BCUT2D eigenvalue weighted by Gasteiger charge is 2.35. The van der Waals surface area contributed by atoms with E-state index in [4.69, 9.17) is 28.7 Å². The number of nitrogens with two attached hydrogens (primary N) is 5. The number of Topliss-reactive ketones (excluding diaryl/α,β-unsaturated/α-hetero) is 5. The smallest absolute Gasteiger partial charge is 0.237 e. The van der Waals surface area contributed by atoms with Gasteiger partial charge in [0.05, 0.1) is 49.6 Å². The van der Waals surface area contributed by atoms with Crippen molar-refractivity contribution in [2.24, 2.45) is 70.1 Å². The second-order valence-corrected chi connectivity index (χ2v) is 24.1. The fourth-order valence-electron chi connectivity index (χ4n) is 9.33. The lowest BCUT2D eigenvalue weighted by Gasteiger charge is -2.26. The van der Waals surface area contributed by atoms with Crippen LogP contribution in [0.5, 0.6) is 0 Å². The van der Waals surface area contributed by atoms with Gasteiger partial charge in [0.2, 0.25) is 41.4 Å². The molecule has 0 radical (unpaired) electrons. The number of rotatable bonds is 47. The fourth-order valence-corrected chi connectivity index (χ4v) is 10.1. The van der Waals surface area contributed by atoms with Crippen LogP contribution < -0.4 is 55.3 Å². The molecule has 1 rings (SSSR count). The third-order valence-electron chi connectivity index (χ3n) is 13.8. The number of carbonyl (C=O) groups is 12. The fraction of sp³-hybridized carbons (Fsp3) is 0.695. The van der Waals surface area contributed by atoms with E-state index in [2.05, 4.69) is 26.6 Å². The third kappa shape index (κ3) is 32.1. The number of thioether (sulfide) groups is 1. The molecule has 15 N–H and O–H groups in total. The Labute approximate surface area is 489 Å². The Balaban J connectivity index is 3.10. The minimum Gasteiger partial charge on any atom is -0.370 e. The van der Waals surface area contributed by atoms with Crippen molar-refractivity contribution in [2.75, 3.05) is 37.7 Å². The normalized spacial score (nSPS) is 14.3. The summed E-state index contributed by atoms with van der Waals surface area (Å²) >= 11 is 1.41. The lowest BCUT2D eigenvalue weighted by molar-refractivity contribution is -0.136. The molecule has 0 aliphatic heterocycles. The summed E-state index contributed by atoms with van der Waals surface area (Å²) in [7, 11) is 0. The average molecular weight is 1170 g/mol. The summed E-state index contributed by atoms with van der Waals surface area (Å²) in [6.45, 7) is 13.0. The average Bonchev–Trinajstić information content (AvgIpc) is 3.47. The number of primary amides is 2. The molecule has 0 unspecified atom stereocenters. The van der Waals surface area contributed by atoms with Crippen LogP contribution in [0.4, 0.5) is 0 Å². The van der Waals surface area contributed by atoms with Gasteiger partial charge in [-0.3, -0.25) is 57.5 Å². The third-order valence-corrected chi connectivity index (χ3v) is 14.8. The molecule has 7 amide bonds. The first-order chi connectivity index (χ1) is 38.7. The molecule has 22 nitrogen and oxygen atoms in total. The van der Waals surface area contributed by atoms with Gasteiger partial charge in [-0.2, -0.15) is 11.8 Å². The summed E-state index contributed by atoms with van der Waals surface area (Å²) in [5, 5.41) is 13.3. The van der Waals surface area contributed by atoms with Crippen LogP contribution in [0, 0.1) is 41.4 Å². The van der Waals surface area contributed by atoms with E-state index >= 15 is 0 Å². The van der Waals surface area contributed by atoms with E-state index in [1.54, 1.807) is 0 Å². The van der Waals surface area contributed by atoms with Crippen molar-refractivity contribution < 1.29 is 57.5 Å². The van der Waals surface area contributed by atoms with Gasteiger partial charge in [-0.1, -0.05) is 91.6 Å². The van der Waals surface area contributed by atoms with Gasteiger partial charge in [0, 0.05) is 62.0 Å². The molecule has 0 aliphatic carbocycles. The molecule has 0 bridgehead atoms. The Morgan fingerprint density at radius 2 is 1.02 bits per heavy atom. The maximum atomic E-state index is 14.2. The molecule has 462 valence electrons. The Bertz CT molecular complexity index is 2230. The van der Waals surface area contributed by atoms with Crippen LogP contribution in [-0.2, 0) is 64.0 Å². The predicted molar refractivity (Wildman–Crippen MR) is 317 cm³/mol. The number of hydrogen-bond acceptors (Lipinski definition) is 16. The molecule has 0 spiro atoms. The Hall–Kier alpha value is -5.91. The number of hydrogen-bond donors (Lipinski definition) is 10. The highest BCUT2D eigenvalue weighted by atomic mass is 32.2. The van der Waals surface area contributed by atoms with Crippen molar-refractivity contribution >= 4 is 82.0 Å². The maximum Gasteiger partial charge on any atom is 0.237 e. The monoisotopic (exact) mass is 1170 g/mol. The Kier molecular flexibility index (Phi) is 37.2. The zero-order chi connectivity index (χ0) is 61.9. The van der Waals surface area contributed by atoms with Crippen LogP contribution in [0.1, 0.15) is 157 Å². The minimum atomic E-state index is -1.40. The summed E-state index contributed by atoms with van der Waals surface area (Å²) in [4.78, 5) is 160. The molecule has 0 saturated carbocycles. The Morgan fingerprint density at radius 1 is 0.512 bits per heavy atom. The second-order valence-electron chi connectivity index (χ2n) is 22.7. The van der Waals surface area contributed by atoms with E-state index in [1.165, 1.54) is 11.8 Å². The molecule has 23 heteroatoms. The van der Waals surface area contributed by atoms with Crippen molar-refractivity contribution in [3.63, 3.8) is 0 Å². The van der Waals surface area contributed by atoms with Crippen molar-refractivity contribution in [2.45, 2.75) is 182 Å². The van der Waals surface area contributed by atoms with E-state index < -0.39 is 132 Å². The first kappa shape index (κ1) is 74.1. The topological polar surface area (TPSA) is 395 Å². The van der Waals surface area contributed by atoms with Gasteiger partial charge in [-0.05, 0) is 93.5 Å². The van der Waals surface area contributed by atoms with E-state index in [-0.39, 0.29) is 99.9 Å². The quantitative estimate of drug-likeness (QED) is 0.0419. The second kappa shape index (κ2) is 41.1. The molecule has 0 saturated heterocycles. The lowest BCUT2D eigenvalue weighted by atomic mass is 9.87. The maximum absolute atomic E-state index is 14.2. The van der Waals surface area contributed by atoms with Gasteiger partial charge < -0.3 is 55.3 Å². The van der Waals surface area contributed by atoms with E-state index in [9.17, 15) is 57.5 Å². The summed E-state index contributed by atoms with van der Waals surface area (Å²) in [6, 6.07) is 4.87. The van der Waals surface area contributed by atoms with Crippen molar-refractivity contribution in [3.8, 4) is 0 Å². The van der Waals surface area contributed by atoms with Crippen LogP contribution >= 0.6 is 11.8 Å². The highest BCUT2D eigenvalue weighted by Crippen LogP contribution is 2.23. The van der Waals surface area contributed by atoms with Crippen LogP contribution in [0.2, 0.25) is 0 Å². The molecule has 0 heterocycles. The van der Waals surface area contributed by atoms with Crippen LogP contribution in [-0.4, -0.2) is 132 Å². The lowest BCUT2D eigenvalue weighted by Crippen LogP contribution is -2.49. The number of unbranched alkanes of at least 4 members (excludes halogenated alkanes) is 2. The van der Waals surface area contributed by atoms with Gasteiger partial charge in [0.25, 0.3) is 0 Å². The molecule has 0 aromatic heterocycles. The number of ketones is 5. The van der Waals surface area contributed by atoms with E-state index in [0.717, 1.165) is 5.56 Å². The standard InChI is InChI=1S/C59H98N10O12S/c1-8-82-35-43(29-45(71)33-65-54(76)21-20-50(72)48(27-39-16-10-9-11-17-39)69-59(81)46(62)25-37(4)5)56(78)66-34-44(70)28-42(24-36(2)3)58(80)67-47(26-38(6)7)52(74)31-41(19-13-15-23-61)57(79)68-49(32-53(63)75)51(73)30-40(55(64)77)18-12-14-22-60/h9-11,16-17,36-38,40-43,46-49H,8,12-15,18-35,60-62H2,1-7H3,(H2,63,75)(H2,64,77)(H,65,76)(H,66,78)(H,67,80)(H,68,79)(H,69,81)/t40-,41-,42-,43+,46+,47+,48+,49+/m1/s1. The summed E-state index contributed by atoms with van der Waals surface area (Å²) in [6.07, 6.45) is 1.30. The summed E-state index contributed by atoms with van der Waals surface area (Å²) in [5.41, 5.74) is 29.3. The molecule has 0 aliphatic rings. The van der Waals surface area contributed by atoms with E-state index in [0.29, 0.717) is 50.9 Å². The van der Waals surface area contributed by atoms with E-state index in [1.807, 2.05) is 78.8 Å². The number of carbonyl (C=O) groups excluding carboxylic acids is 12. The first-order valence-corrected chi connectivity index (χ1v) is 30.3. The molecule has 82 heavy (non-hydrogen) atoms. The zero-order valence-electron chi connectivity index (χ0n) is 49.7. The molecule has 8 atom stereocenters. The zero-order valence-corrected chi connectivity index (χ0v) is 50.5. The summed E-state index contributed by atoms with van der Waals surface area (Å²) in [5.74, 6) is -9.74. The summed E-state index contributed by atoms with van der Waals surface area (Å²) < 4.78 is 0. The van der Waals surface area contributed by atoms with Crippen molar-refractivity contribution in [1.29, 1.82) is 0 Å². The van der Waals surface area contributed by atoms with Gasteiger partial charge >= 0.3 is 0 Å². The SMILES string of the molecule is CCSC[C@H](CC(=O)CNC(=O)CCC(=O)[C@H](Cc1ccccc1)NC(=O)[C@@H](N)CC(C)C)C(=O)NCC(=O)C[C@@H](CC(C)C)C(=O)N[C@@H](CC(C)C)C(=O)C[C@@H](CCCCN)C(=O)N[C@@H](CC(N)=O)C(=O)C[C@@H](CCCCN)C(N)=O. The van der Waals surface area contributed by atoms with Gasteiger partial charge in [0.15, 0.2) is 28.9 Å². The molecule has 1 aromatic carbocycles.